The topological polar surface area (TPSA) is 53.1 Å². The minimum atomic E-state index is 0.0630. The molecule has 3 rings (SSSR count). The summed E-state index contributed by atoms with van der Waals surface area (Å²) in [6.45, 7) is 6.18. The van der Waals surface area contributed by atoms with Crippen molar-refractivity contribution in [3.05, 3.63) is 35.9 Å². The predicted octanol–water partition coefficient (Wildman–Crippen LogP) is 2.00. The summed E-state index contributed by atoms with van der Waals surface area (Å²) in [5.41, 5.74) is 1.33. The van der Waals surface area contributed by atoms with Gasteiger partial charge in [0.2, 0.25) is 11.8 Å². The average molecular weight is 388 g/mol. The fourth-order valence-corrected chi connectivity index (χ4v) is 4.22. The fraction of sp³-hybridized carbons (Fsp3) is 0.636. The second kappa shape index (κ2) is 10.6. The fourth-order valence-electron chi connectivity index (χ4n) is 4.22. The Hall–Kier alpha value is -1.92. The first-order chi connectivity index (χ1) is 13.7. The molecular weight excluding hydrogens is 354 g/mol. The van der Waals surface area contributed by atoms with Gasteiger partial charge in [0.25, 0.3) is 0 Å². The van der Waals surface area contributed by atoms with E-state index in [1.54, 1.807) is 7.11 Å². The van der Waals surface area contributed by atoms with Crippen LogP contribution >= 0.6 is 0 Å². The zero-order valence-electron chi connectivity index (χ0n) is 17.0. The Morgan fingerprint density at radius 2 is 1.75 bits per heavy atom. The van der Waals surface area contributed by atoms with Gasteiger partial charge < -0.3 is 14.5 Å². The molecule has 154 valence electrons. The summed E-state index contributed by atoms with van der Waals surface area (Å²) in [4.78, 5) is 31.0. The molecule has 2 amide bonds. The summed E-state index contributed by atoms with van der Waals surface area (Å²) in [6, 6.07) is 10.5. The van der Waals surface area contributed by atoms with E-state index in [1.165, 1.54) is 5.56 Å². The van der Waals surface area contributed by atoms with Gasteiger partial charge in [-0.1, -0.05) is 30.3 Å². The average Bonchev–Trinajstić information content (AvgIpc) is 2.74. The smallest absolute Gasteiger partial charge is 0.248 e. The first kappa shape index (κ1) is 20.8. The van der Waals surface area contributed by atoms with Gasteiger partial charge in [0.05, 0.1) is 0 Å². The van der Waals surface area contributed by atoms with Crippen LogP contribution in [0.3, 0.4) is 0 Å². The van der Waals surface area contributed by atoms with Crippen molar-refractivity contribution in [3.8, 4) is 0 Å². The number of piperazine rings is 1. The van der Waals surface area contributed by atoms with Gasteiger partial charge in [-0.3, -0.25) is 14.5 Å². The van der Waals surface area contributed by atoms with Crippen molar-refractivity contribution < 1.29 is 14.3 Å². The molecule has 0 unspecified atom stereocenters. The number of hydrogen-bond donors (Lipinski definition) is 0. The zero-order valence-corrected chi connectivity index (χ0v) is 17.0. The van der Waals surface area contributed by atoms with E-state index in [1.807, 2.05) is 15.9 Å². The number of piperidine rings is 1. The molecule has 0 bridgehead atoms. The highest BCUT2D eigenvalue weighted by molar-refractivity contribution is 5.77. The lowest BCUT2D eigenvalue weighted by Gasteiger charge is -2.36. The molecule has 0 aliphatic carbocycles. The lowest BCUT2D eigenvalue weighted by Crippen LogP contribution is -2.48. The number of carbonyl (C=O) groups is 2. The van der Waals surface area contributed by atoms with Crippen LogP contribution in [0.5, 0.6) is 0 Å². The van der Waals surface area contributed by atoms with Gasteiger partial charge in [0, 0.05) is 59.3 Å². The molecule has 2 fully saturated rings. The first-order valence-electron chi connectivity index (χ1n) is 10.5. The molecule has 2 heterocycles. The Morgan fingerprint density at radius 1 is 1.00 bits per heavy atom. The molecule has 0 radical (unpaired) electrons. The summed E-state index contributed by atoms with van der Waals surface area (Å²) in [7, 11) is 1.55. The number of carbonyl (C=O) groups excluding carboxylic acids is 2. The van der Waals surface area contributed by atoms with Gasteiger partial charge in [0.1, 0.15) is 6.61 Å². The standard InChI is InChI=1S/C22H33N3O3/c1-28-18-22(27)25-11-5-8-20(17-25)9-10-21(26)24-14-12-23(13-15-24)16-19-6-3-2-4-7-19/h2-4,6-7,20H,5,8-18H2,1H3/t20-/m0/s1. The molecule has 1 aromatic carbocycles. The van der Waals surface area contributed by atoms with Gasteiger partial charge in [-0.2, -0.15) is 0 Å². The third-order valence-corrected chi connectivity index (χ3v) is 5.88. The van der Waals surface area contributed by atoms with Crippen molar-refractivity contribution >= 4 is 11.8 Å². The van der Waals surface area contributed by atoms with Crippen LogP contribution in [0.1, 0.15) is 31.2 Å². The molecule has 0 N–H and O–H groups in total. The minimum Gasteiger partial charge on any atom is -0.375 e. The summed E-state index contributed by atoms with van der Waals surface area (Å²) >= 11 is 0. The molecule has 6 heteroatoms. The van der Waals surface area contributed by atoms with Crippen LogP contribution in [0.25, 0.3) is 0 Å². The maximum Gasteiger partial charge on any atom is 0.248 e. The molecule has 0 saturated carbocycles. The van der Waals surface area contributed by atoms with E-state index in [4.69, 9.17) is 4.74 Å². The normalized spacial score (nSPS) is 21.0. The number of nitrogens with zero attached hydrogens (tertiary/aromatic N) is 3. The first-order valence-corrected chi connectivity index (χ1v) is 10.5. The molecule has 6 nitrogen and oxygen atoms in total. The Balaban J connectivity index is 1.37. The number of ether oxygens (including phenoxy) is 1. The third-order valence-electron chi connectivity index (χ3n) is 5.88. The molecule has 2 aliphatic heterocycles. The van der Waals surface area contributed by atoms with Gasteiger partial charge in [-0.15, -0.1) is 0 Å². The molecule has 2 saturated heterocycles. The Kier molecular flexibility index (Phi) is 7.86. The molecule has 28 heavy (non-hydrogen) atoms. The van der Waals surface area contributed by atoms with Crippen LogP contribution in [-0.2, 0) is 20.9 Å². The van der Waals surface area contributed by atoms with E-state index in [9.17, 15) is 9.59 Å². The number of hydrogen-bond acceptors (Lipinski definition) is 4. The summed E-state index contributed by atoms with van der Waals surface area (Å²) in [5.74, 6) is 0.755. The van der Waals surface area contributed by atoms with Crippen LogP contribution in [0.2, 0.25) is 0 Å². The van der Waals surface area contributed by atoms with E-state index in [-0.39, 0.29) is 18.4 Å². The van der Waals surface area contributed by atoms with Crippen LogP contribution in [-0.4, -0.2) is 79.5 Å². The number of likely N-dealkylation sites (tertiary alicyclic amines) is 1. The molecule has 1 aromatic rings. The molecule has 2 aliphatic rings. The van der Waals surface area contributed by atoms with Crippen molar-refractivity contribution in [3.63, 3.8) is 0 Å². The Bertz CT molecular complexity index is 629. The monoisotopic (exact) mass is 387 g/mol. The van der Waals surface area contributed by atoms with Crippen LogP contribution < -0.4 is 0 Å². The van der Waals surface area contributed by atoms with Crippen LogP contribution in [0.15, 0.2) is 30.3 Å². The minimum absolute atomic E-state index is 0.0630. The number of benzene rings is 1. The number of amides is 2. The number of methoxy groups -OCH3 is 1. The van der Waals surface area contributed by atoms with E-state index in [0.29, 0.717) is 12.3 Å². The summed E-state index contributed by atoms with van der Waals surface area (Å²) in [5, 5.41) is 0. The maximum atomic E-state index is 12.6. The largest absolute Gasteiger partial charge is 0.375 e. The van der Waals surface area contributed by atoms with Crippen LogP contribution in [0.4, 0.5) is 0 Å². The molecule has 0 aromatic heterocycles. The third kappa shape index (κ3) is 6.04. The maximum absolute atomic E-state index is 12.6. The van der Waals surface area contributed by atoms with Gasteiger partial charge in [-0.25, -0.2) is 0 Å². The second-order valence-electron chi connectivity index (χ2n) is 7.96. The van der Waals surface area contributed by atoms with Gasteiger partial charge >= 0.3 is 0 Å². The SMILES string of the molecule is COCC(=O)N1CCC[C@@H](CCC(=O)N2CCN(Cc3ccccc3)CC2)C1. The van der Waals surface area contributed by atoms with Crippen molar-refractivity contribution in [2.24, 2.45) is 5.92 Å². The Morgan fingerprint density at radius 3 is 2.46 bits per heavy atom. The van der Waals surface area contributed by atoms with Gasteiger partial charge in [-0.05, 0) is 30.7 Å². The van der Waals surface area contributed by atoms with E-state index < -0.39 is 0 Å². The zero-order chi connectivity index (χ0) is 19.8. The van der Waals surface area contributed by atoms with Crippen molar-refractivity contribution in [2.45, 2.75) is 32.2 Å². The van der Waals surface area contributed by atoms with E-state index in [0.717, 1.165) is 65.1 Å². The van der Waals surface area contributed by atoms with Crippen molar-refractivity contribution in [1.82, 2.24) is 14.7 Å². The van der Waals surface area contributed by atoms with Crippen LogP contribution in [0, 0.1) is 5.92 Å². The lowest BCUT2D eigenvalue weighted by molar-refractivity contribution is -0.137. The summed E-state index contributed by atoms with van der Waals surface area (Å²) < 4.78 is 4.96. The summed E-state index contributed by atoms with van der Waals surface area (Å²) in [6.07, 6.45) is 3.59. The highest BCUT2D eigenvalue weighted by Gasteiger charge is 2.26. The van der Waals surface area contributed by atoms with Gasteiger partial charge in [0.15, 0.2) is 0 Å². The number of rotatable bonds is 7. The Labute approximate surface area is 168 Å². The molecule has 0 spiro atoms. The second-order valence-corrected chi connectivity index (χ2v) is 7.96. The predicted molar refractivity (Wildman–Crippen MR) is 109 cm³/mol. The highest BCUT2D eigenvalue weighted by Crippen LogP contribution is 2.22. The highest BCUT2D eigenvalue weighted by atomic mass is 16.5. The van der Waals surface area contributed by atoms with E-state index >= 15 is 0 Å². The van der Waals surface area contributed by atoms with E-state index in [2.05, 4.69) is 29.2 Å². The lowest BCUT2D eigenvalue weighted by atomic mass is 9.93. The quantitative estimate of drug-likeness (QED) is 0.718. The molecular formula is C22H33N3O3. The van der Waals surface area contributed by atoms with Crippen molar-refractivity contribution in [1.29, 1.82) is 0 Å². The molecule has 1 atom stereocenters. The van der Waals surface area contributed by atoms with Crippen molar-refractivity contribution in [2.75, 3.05) is 53.0 Å².